The Morgan fingerprint density at radius 2 is 1.96 bits per heavy atom. The fraction of sp³-hybridized carbons (Fsp3) is 0.381. The minimum absolute atomic E-state index is 0.128. The summed E-state index contributed by atoms with van der Waals surface area (Å²) in [6.07, 6.45) is 8.24. The lowest BCUT2D eigenvalue weighted by molar-refractivity contribution is -0.143. The molecule has 1 aromatic rings. The lowest BCUT2D eigenvalue weighted by Crippen LogP contribution is -2.21. The minimum Gasteiger partial charge on any atom is -0.508 e. The Morgan fingerprint density at radius 3 is 2.65 bits per heavy atom. The van der Waals surface area contributed by atoms with Crippen LogP contribution in [0.2, 0.25) is 0 Å². The number of phenols is 1. The number of carboxylic acids is 1. The lowest BCUT2D eigenvalue weighted by Gasteiger charge is -2.16. The smallest absolute Gasteiger partial charge is 0.303 e. The van der Waals surface area contributed by atoms with E-state index in [0.717, 1.165) is 5.56 Å². The van der Waals surface area contributed by atoms with Crippen molar-refractivity contribution in [2.45, 2.75) is 51.1 Å². The van der Waals surface area contributed by atoms with Crippen LogP contribution in [0.4, 0.5) is 0 Å². The van der Waals surface area contributed by atoms with E-state index in [1.165, 1.54) is 0 Å². The summed E-state index contributed by atoms with van der Waals surface area (Å²) in [5, 5.41) is 18.0. The fourth-order valence-corrected chi connectivity index (χ4v) is 2.65. The van der Waals surface area contributed by atoms with Crippen LogP contribution >= 0.6 is 0 Å². The van der Waals surface area contributed by atoms with E-state index in [0.29, 0.717) is 12.8 Å². The van der Waals surface area contributed by atoms with E-state index in [1.807, 2.05) is 32.1 Å². The third-order valence-corrected chi connectivity index (χ3v) is 3.78. The van der Waals surface area contributed by atoms with Gasteiger partial charge in [-0.2, -0.15) is 0 Å². The SMILES string of the molecule is CC1(C)O[C@@H](CCCC(=O)O)[C@@H](/C=C/C=C/C#Cc2ccc(O)cc2)O1. The van der Waals surface area contributed by atoms with Gasteiger partial charge in [-0.15, -0.1) is 0 Å². The van der Waals surface area contributed by atoms with E-state index in [9.17, 15) is 9.90 Å². The van der Waals surface area contributed by atoms with Crippen molar-refractivity contribution in [1.29, 1.82) is 0 Å². The van der Waals surface area contributed by atoms with Gasteiger partial charge >= 0.3 is 5.97 Å². The molecule has 0 bridgehead atoms. The van der Waals surface area contributed by atoms with Gasteiger partial charge in [-0.3, -0.25) is 4.79 Å². The van der Waals surface area contributed by atoms with Crippen LogP contribution in [0.3, 0.4) is 0 Å². The van der Waals surface area contributed by atoms with E-state index in [1.54, 1.807) is 30.3 Å². The largest absolute Gasteiger partial charge is 0.508 e. The summed E-state index contributed by atoms with van der Waals surface area (Å²) in [5.41, 5.74) is 0.823. The van der Waals surface area contributed by atoms with Gasteiger partial charge in [0.1, 0.15) is 11.9 Å². The van der Waals surface area contributed by atoms with Gasteiger partial charge in [-0.25, -0.2) is 0 Å². The van der Waals surface area contributed by atoms with Crippen LogP contribution in [0.5, 0.6) is 5.75 Å². The minimum atomic E-state index is -0.801. The normalized spacial score (nSPS) is 21.8. The number of benzene rings is 1. The number of ether oxygens (including phenoxy) is 2. The Morgan fingerprint density at radius 1 is 1.23 bits per heavy atom. The summed E-state index contributed by atoms with van der Waals surface area (Å²) < 4.78 is 11.7. The number of carbonyl (C=O) groups is 1. The molecule has 2 rings (SSSR count). The van der Waals surface area contributed by atoms with Crippen LogP contribution < -0.4 is 0 Å². The molecule has 2 atom stereocenters. The second-order valence-electron chi connectivity index (χ2n) is 6.48. The average molecular weight is 356 g/mol. The maximum absolute atomic E-state index is 10.7. The zero-order valence-corrected chi connectivity index (χ0v) is 15.0. The predicted octanol–water partition coefficient (Wildman–Crippen LogP) is 3.63. The van der Waals surface area contributed by atoms with Gasteiger partial charge in [0.25, 0.3) is 0 Å². The Hall–Kier alpha value is -2.55. The number of hydrogen-bond acceptors (Lipinski definition) is 4. The van der Waals surface area contributed by atoms with E-state index in [4.69, 9.17) is 14.6 Å². The molecular formula is C21H24O5. The zero-order valence-electron chi connectivity index (χ0n) is 15.0. The topological polar surface area (TPSA) is 76.0 Å². The number of aromatic hydroxyl groups is 1. The molecule has 1 heterocycles. The molecule has 26 heavy (non-hydrogen) atoms. The third kappa shape index (κ3) is 6.75. The van der Waals surface area contributed by atoms with Crippen molar-refractivity contribution in [3.05, 3.63) is 54.1 Å². The van der Waals surface area contributed by atoms with Crippen LogP contribution in [0, 0.1) is 11.8 Å². The van der Waals surface area contributed by atoms with Crippen molar-refractivity contribution < 1.29 is 24.5 Å². The highest BCUT2D eigenvalue weighted by Crippen LogP contribution is 2.31. The maximum atomic E-state index is 10.7. The molecule has 138 valence electrons. The molecule has 2 N–H and O–H groups in total. The Balaban J connectivity index is 1.88. The van der Waals surface area contributed by atoms with E-state index in [2.05, 4.69) is 11.8 Å². The number of carboxylic acid groups (broad SMARTS) is 1. The summed E-state index contributed by atoms with van der Waals surface area (Å²) >= 11 is 0. The van der Waals surface area contributed by atoms with Crippen LogP contribution in [-0.2, 0) is 14.3 Å². The van der Waals surface area contributed by atoms with Gasteiger partial charge in [-0.05, 0) is 57.0 Å². The monoisotopic (exact) mass is 356 g/mol. The van der Waals surface area contributed by atoms with Gasteiger partial charge in [0.2, 0.25) is 0 Å². The second kappa shape index (κ2) is 9.23. The summed E-state index contributed by atoms with van der Waals surface area (Å²) in [4.78, 5) is 10.7. The maximum Gasteiger partial charge on any atom is 0.303 e. The molecule has 1 aliphatic rings. The highest BCUT2D eigenvalue weighted by Gasteiger charge is 2.39. The predicted molar refractivity (Wildman–Crippen MR) is 98.6 cm³/mol. The van der Waals surface area contributed by atoms with E-state index < -0.39 is 11.8 Å². The van der Waals surface area contributed by atoms with Crippen LogP contribution in [0.15, 0.2) is 48.6 Å². The summed E-state index contributed by atoms with van der Waals surface area (Å²) in [5.74, 6) is 4.63. The molecule has 0 amide bonds. The summed E-state index contributed by atoms with van der Waals surface area (Å²) in [7, 11) is 0. The molecule has 0 radical (unpaired) electrons. The zero-order chi connectivity index (χ0) is 19.0. The van der Waals surface area contributed by atoms with Crippen LogP contribution in [0.1, 0.15) is 38.7 Å². The first kappa shape index (κ1) is 19.8. The Bertz CT molecular complexity index is 719. The Labute approximate surface area is 153 Å². The van der Waals surface area contributed by atoms with Crippen molar-refractivity contribution >= 4 is 5.97 Å². The van der Waals surface area contributed by atoms with E-state index in [-0.39, 0.29) is 24.4 Å². The van der Waals surface area contributed by atoms with Crippen molar-refractivity contribution in [2.75, 3.05) is 0 Å². The van der Waals surface area contributed by atoms with Gasteiger partial charge in [0, 0.05) is 12.0 Å². The molecule has 1 saturated heterocycles. The molecule has 1 fully saturated rings. The molecular weight excluding hydrogens is 332 g/mol. The van der Waals surface area contributed by atoms with Gasteiger partial charge in [-0.1, -0.05) is 30.1 Å². The fourth-order valence-electron chi connectivity index (χ4n) is 2.65. The molecule has 0 aliphatic carbocycles. The summed E-state index contributed by atoms with van der Waals surface area (Å²) in [6, 6.07) is 6.69. The average Bonchev–Trinajstić information content (AvgIpc) is 2.86. The summed E-state index contributed by atoms with van der Waals surface area (Å²) in [6.45, 7) is 3.70. The quantitative estimate of drug-likeness (QED) is 0.601. The highest BCUT2D eigenvalue weighted by atomic mass is 16.7. The number of aliphatic carboxylic acids is 1. The van der Waals surface area contributed by atoms with Gasteiger partial charge < -0.3 is 19.7 Å². The van der Waals surface area contributed by atoms with Gasteiger partial charge in [0.05, 0.1) is 6.10 Å². The number of phenolic OH excluding ortho intramolecular Hbond substituents is 1. The van der Waals surface area contributed by atoms with E-state index >= 15 is 0 Å². The first-order valence-corrected chi connectivity index (χ1v) is 8.57. The molecule has 0 unspecified atom stereocenters. The standard InChI is InChI=1S/C21H24O5/c1-21(2)25-18(19(26-21)10-7-11-20(23)24)9-6-4-3-5-8-16-12-14-17(22)15-13-16/h3-4,6,9,12-15,18-19,22H,7,10-11H2,1-2H3,(H,23,24)/b4-3+,9-6+/t18-,19+/m1/s1. The molecule has 1 aliphatic heterocycles. The van der Waals surface area contributed by atoms with Gasteiger partial charge in [0.15, 0.2) is 5.79 Å². The molecule has 5 heteroatoms. The molecule has 0 aromatic heterocycles. The first-order chi connectivity index (χ1) is 12.4. The second-order valence-corrected chi connectivity index (χ2v) is 6.48. The number of allylic oxidation sites excluding steroid dienone is 3. The lowest BCUT2D eigenvalue weighted by atomic mass is 10.1. The van der Waals surface area contributed by atoms with Crippen molar-refractivity contribution in [1.82, 2.24) is 0 Å². The number of rotatable bonds is 6. The van der Waals surface area contributed by atoms with Crippen molar-refractivity contribution in [2.24, 2.45) is 0 Å². The number of hydrogen-bond donors (Lipinski definition) is 2. The Kier molecular flexibility index (Phi) is 7.02. The molecule has 0 spiro atoms. The molecule has 1 aromatic carbocycles. The van der Waals surface area contributed by atoms with Crippen LogP contribution in [-0.4, -0.2) is 34.2 Å². The third-order valence-electron chi connectivity index (χ3n) is 3.78. The van der Waals surface area contributed by atoms with Crippen molar-refractivity contribution in [3.8, 4) is 17.6 Å². The van der Waals surface area contributed by atoms with Crippen molar-refractivity contribution in [3.63, 3.8) is 0 Å². The highest BCUT2D eigenvalue weighted by molar-refractivity contribution is 5.66. The molecule has 5 nitrogen and oxygen atoms in total. The van der Waals surface area contributed by atoms with Crippen LogP contribution in [0.25, 0.3) is 0 Å². The first-order valence-electron chi connectivity index (χ1n) is 8.57. The molecule has 0 saturated carbocycles.